The summed E-state index contributed by atoms with van der Waals surface area (Å²) in [6, 6.07) is 5.57. The molecule has 1 aromatic carbocycles. The quantitative estimate of drug-likeness (QED) is 0.634. The zero-order valence-corrected chi connectivity index (χ0v) is 8.83. The maximum atomic E-state index is 9.90. The molecule has 0 saturated heterocycles. The Bertz CT molecular complexity index is 316. The van der Waals surface area contributed by atoms with Crippen LogP contribution in [0.4, 0.5) is 0 Å². The van der Waals surface area contributed by atoms with Gasteiger partial charge >= 0.3 is 0 Å². The van der Waals surface area contributed by atoms with Gasteiger partial charge in [-0.25, -0.2) is 5.48 Å². The van der Waals surface area contributed by atoms with E-state index in [-0.39, 0.29) is 17.7 Å². The number of hydrogen-bond acceptors (Lipinski definition) is 3. The monoisotopic (exact) mass is 195 g/mol. The zero-order chi connectivity index (χ0) is 10.8. The van der Waals surface area contributed by atoms with Crippen molar-refractivity contribution in [3.8, 4) is 5.75 Å². The molecule has 14 heavy (non-hydrogen) atoms. The van der Waals surface area contributed by atoms with E-state index >= 15 is 0 Å². The summed E-state index contributed by atoms with van der Waals surface area (Å²) in [7, 11) is 0. The van der Waals surface area contributed by atoms with Gasteiger partial charge in [-0.1, -0.05) is 39.0 Å². The molecule has 0 heterocycles. The average molecular weight is 195 g/mol. The first-order valence-electron chi connectivity index (χ1n) is 4.65. The second kappa shape index (κ2) is 3.98. The van der Waals surface area contributed by atoms with Crippen LogP contribution in [0.3, 0.4) is 0 Å². The Kier molecular flexibility index (Phi) is 3.13. The van der Waals surface area contributed by atoms with Crippen molar-refractivity contribution in [2.45, 2.75) is 32.7 Å². The normalized spacial score (nSPS) is 11.7. The number of nitrogens with one attached hydrogen (secondary N) is 1. The molecule has 0 aliphatic carbocycles. The third-order valence-corrected chi connectivity index (χ3v) is 2.20. The highest BCUT2D eigenvalue weighted by Crippen LogP contribution is 2.32. The van der Waals surface area contributed by atoms with Crippen LogP contribution in [0, 0.1) is 0 Å². The van der Waals surface area contributed by atoms with E-state index in [0.29, 0.717) is 5.56 Å². The lowest BCUT2D eigenvalue weighted by Crippen LogP contribution is -2.13. The second-order valence-corrected chi connectivity index (χ2v) is 4.40. The minimum absolute atomic E-state index is 0.0877. The van der Waals surface area contributed by atoms with Crippen molar-refractivity contribution in [2.24, 2.45) is 0 Å². The van der Waals surface area contributed by atoms with Gasteiger partial charge in [0.1, 0.15) is 5.75 Å². The Balaban J connectivity index is 3.14. The number of rotatable bonds is 2. The summed E-state index contributed by atoms with van der Waals surface area (Å²) in [5, 5.41) is 18.5. The molecule has 0 saturated carbocycles. The van der Waals surface area contributed by atoms with E-state index in [0.717, 1.165) is 5.56 Å². The molecule has 0 aliphatic heterocycles. The molecule has 0 radical (unpaired) electrons. The Morgan fingerprint density at radius 2 is 1.93 bits per heavy atom. The molecule has 1 aromatic rings. The van der Waals surface area contributed by atoms with Gasteiger partial charge in [0.25, 0.3) is 0 Å². The lowest BCUT2D eigenvalue weighted by atomic mass is 9.85. The topological polar surface area (TPSA) is 52.5 Å². The Labute approximate surface area is 84.3 Å². The number of hydrogen-bond donors (Lipinski definition) is 3. The summed E-state index contributed by atoms with van der Waals surface area (Å²) in [6.45, 7) is 6.38. The van der Waals surface area contributed by atoms with Gasteiger partial charge in [-0.05, 0) is 11.0 Å². The summed E-state index contributed by atoms with van der Waals surface area (Å²) in [5.74, 6) is 0.265. The number of benzene rings is 1. The molecule has 0 aliphatic rings. The van der Waals surface area contributed by atoms with E-state index in [2.05, 4.69) is 0 Å². The van der Waals surface area contributed by atoms with Gasteiger partial charge in [-0.2, -0.15) is 0 Å². The number of phenolic OH excluding ortho intramolecular Hbond substituents is 1. The number of aromatic hydroxyl groups is 1. The zero-order valence-electron chi connectivity index (χ0n) is 8.83. The van der Waals surface area contributed by atoms with E-state index < -0.39 is 0 Å². The molecule has 3 N–H and O–H groups in total. The molecule has 3 nitrogen and oxygen atoms in total. The molecule has 0 aromatic heterocycles. The molecule has 0 spiro atoms. The van der Waals surface area contributed by atoms with Crippen molar-refractivity contribution in [1.82, 2.24) is 5.48 Å². The minimum atomic E-state index is -0.0877. The first-order chi connectivity index (χ1) is 6.46. The van der Waals surface area contributed by atoms with Crippen LogP contribution < -0.4 is 5.48 Å². The van der Waals surface area contributed by atoms with Crippen LogP contribution in [0.2, 0.25) is 0 Å². The lowest BCUT2D eigenvalue weighted by Gasteiger charge is -2.21. The molecular formula is C11H17NO2. The molecule has 78 valence electrons. The van der Waals surface area contributed by atoms with Crippen LogP contribution in [0.15, 0.2) is 18.2 Å². The van der Waals surface area contributed by atoms with Crippen molar-refractivity contribution < 1.29 is 10.3 Å². The number of hydroxylamine groups is 1. The molecule has 0 atom stereocenters. The van der Waals surface area contributed by atoms with E-state index in [1.165, 1.54) is 0 Å². The molecule has 0 amide bonds. The van der Waals surface area contributed by atoms with Crippen LogP contribution in [0.25, 0.3) is 0 Å². The van der Waals surface area contributed by atoms with Crippen LogP contribution in [-0.4, -0.2) is 10.3 Å². The lowest BCUT2D eigenvalue weighted by molar-refractivity contribution is 0.160. The highest BCUT2D eigenvalue weighted by Gasteiger charge is 2.19. The molecular weight excluding hydrogens is 178 g/mol. The average Bonchev–Trinajstić information content (AvgIpc) is 2.07. The highest BCUT2D eigenvalue weighted by atomic mass is 16.5. The standard InChI is InChI=1S/C11H17NO2/c1-11(2,3)9-6-4-5-8(7-12-14)10(9)13/h4-6,12-14H,7H2,1-3H3. The van der Waals surface area contributed by atoms with E-state index in [4.69, 9.17) is 5.21 Å². The molecule has 1 rings (SSSR count). The molecule has 0 fully saturated rings. The van der Waals surface area contributed by atoms with E-state index in [9.17, 15) is 5.11 Å². The van der Waals surface area contributed by atoms with Crippen molar-refractivity contribution >= 4 is 0 Å². The summed E-state index contributed by atoms with van der Waals surface area (Å²) in [5.41, 5.74) is 3.56. The third-order valence-electron chi connectivity index (χ3n) is 2.20. The Morgan fingerprint density at radius 1 is 1.29 bits per heavy atom. The number of para-hydroxylation sites is 1. The van der Waals surface area contributed by atoms with Gasteiger partial charge < -0.3 is 10.3 Å². The van der Waals surface area contributed by atoms with Gasteiger partial charge in [-0.3, -0.25) is 0 Å². The predicted molar refractivity (Wildman–Crippen MR) is 55.4 cm³/mol. The minimum Gasteiger partial charge on any atom is -0.507 e. The van der Waals surface area contributed by atoms with Crippen LogP contribution in [-0.2, 0) is 12.0 Å². The maximum absolute atomic E-state index is 9.90. The maximum Gasteiger partial charge on any atom is 0.123 e. The molecule has 0 bridgehead atoms. The molecule has 3 heteroatoms. The van der Waals surface area contributed by atoms with Crippen molar-refractivity contribution in [3.63, 3.8) is 0 Å². The van der Waals surface area contributed by atoms with Gasteiger partial charge in [0.05, 0.1) is 0 Å². The van der Waals surface area contributed by atoms with Crippen LogP contribution in [0.5, 0.6) is 5.75 Å². The van der Waals surface area contributed by atoms with Gasteiger partial charge in [0, 0.05) is 12.1 Å². The summed E-state index contributed by atoms with van der Waals surface area (Å²) in [4.78, 5) is 0. The van der Waals surface area contributed by atoms with Crippen molar-refractivity contribution in [1.29, 1.82) is 0 Å². The fourth-order valence-corrected chi connectivity index (χ4v) is 1.42. The first kappa shape index (κ1) is 11.0. The van der Waals surface area contributed by atoms with E-state index in [1.54, 1.807) is 6.07 Å². The third kappa shape index (κ3) is 2.25. The van der Waals surface area contributed by atoms with Crippen LogP contribution in [0.1, 0.15) is 31.9 Å². The summed E-state index contributed by atoms with van der Waals surface area (Å²) in [6.07, 6.45) is 0. The van der Waals surface area contributed by atoms with Gasteiger partial charge in [-0.15, -0.1) is 0 Å². The smallest absolute Gasteiger partial charge is 0.123 e. The van der Waals surface area contributed by atoms with Crippen LogP contribution >= 0.6 is 0 Å². The first-order valence-corrected chi connectivity index (χ1v) is 4.65. The number of phenols is 1. The van der Waals surface area contributed by atoms with E-state index in [1.807, 2.05) is 38.4 Å². The SMILES string of the molecule is CC(C)(C)c1cccc(CNO)c1O. The van der Waals surface area contributed by atoms with Crippen molar-refractivity contribution in [3.05, 3.63) is 29.3 Å². The fourth-order valence-electron chi connectivity index (χ4n) is 1.42. The highest BCUT2D eigenvalue weighted by molar-refractivity contribution is 5.43. The summed E-state index contributed by atoms with van der Waals surface area (Å²) >= 11 is 0. The predicted octanol–water partition coefficient (Wildman–Crippen LogP) is 2.17. The van der Waals surface area contributed by atoms with Gasteiger partial charge in [0.15, 0.2) is 0 Å². The fraction of sp³-hybridized carbons (Fsp3) is 0.455. The molecule has 0 unspecified atom stereocenters. The Hall–Kier alpha value is -1.06. The Morgan fingerprint density at radius 3 is 2.43 bits per heavy atom. The summed E-state index contributed by atoms with van der Waals surface area (Å²) < 4.78 is 0. The largest absolute Gasteiger partial charge is 0.507 e. The van der Waals surface area contributed by atoms with Crippen molar-refractivity contribution in [2.75, 3.05) is 0 Å². The second-order valence-electron chi connectivity index (χ2n) is 4.40. The van der Waals surface area contributed by atoms with Gasteiger partial charge in [0.2, 0.25) is 0 Å².